The van der Waals surface area contributed by atoms with Crippen LogP contribution in [0.5, 0.6) is 0 Å². The van der Waals surface area contributed by atoms with Gasteiger partial charge in [-0.2, -0.15) is 0 Å². The van der Waals surface area contributed by atoms with Gasteiger partial charge in [0.2, 0.25) is 0 Å². The lowest BCUT2D eigenvalue weighted by Crippen LogP contribution is -2.27. The molecule has 30 heavy (non-hydrogen) atoms. The number of rotatable bonds is 18. The maximum absolute atomic E-state index is 8.88. The van der Waals surface area contributed by atoms with Gasteiger partial charge in [0.25, 0.3) is 0 Å². The van der Waals surface area contributed by atoms with Crippen molar-refractivity contribution >= 4 is 7.82 Å². The zero-order valence-electron chi connectivity index (χ0n) is 21.0. The molecule has 0 aliphatic rings. The molecule has 0 aliphatic heterocycles. The topological polar surface area (TPSA) is 81.0 Å². The summed E-state index contributed by atoms with van der Waals surface area (Å²) in [5.41, 5.74) is 0. The summed E-state index contributed by atoms with van der Waals surface area (Å²) in [4.78, 5) is 24.3. The van der Waals surface area contributed by atoms with E-state index >= 15 is 0 Å². The van der Waals surface area contributed by atoms with E-state index in [1.807, 2.05) is 0 Å². The maximum atomic E-state index is 8.88. The van der Waals surface area contributed by atoms with Gasteiger partial charge in [0.1, 0.15) is 0 Å². The smallest absolute Gasteiger partial charge is 0.303 e. The SMILES string of the molecule is CC(C)CCCCCN(CCCCCC(C)C)CCCCCC(C)C.O=P(O)(O)O. The standard InChI is InChI=1S/C24H51N.H3O4P/c1-22(2)16-10-7-13-19-25(20-14-8-11-17-23(3)4)21-15-9-12-18-24(5)6;1-5(2,3)4/h22-24H,7-21H2,1-6H3;(H3,1,2,3,4). The summed E-state index contributed by atoms with van der Waals surface area (Å²) < 4.78 is 8.88. The zero-order valence-corrected chi connectivity index (χ0v) is 21.9. The van der Waals surface area contributed by atoms with Crippen molar-refractivity contribution in [2.24, 2.45) is 17.8 Å². The Bertz CT molecular complexity index is 346. The quantitative estimate of drug-likeness (QED) is 0.154. The van der Waals surface area contributed by atoms with Crippen molar-refractivity contribution < 1.29 is 19.2 Å². The van der Waals surface area contributed by atoms with E-state index in [0.29, 0.717) is 0 Å². The lowest BCUT2D eigenvalue weighted by Gasteiger charge is -2.22. The highest BCUT2D eigenvalue weighted by Gasteiger charge is 2.06. The molecule has 184 valence electrons. The lowest BCUT2D eigenvalue weighted by molar-refractivity contribution is 0.252. The molecule has 0 fully saturated rings. The maximum Gasteiger partial charge on any atom is 0.466 e. The number of unbranched alkanes of at least 4 members (excludes halogenated alkanes) is 6. The van der Waals surface area contributed by atoms with E-state index in [2.05, 4.69) is 46.4 Å². The fourth-order valence-corrected chi connectivity index (χ4v) is 3.53. The van der Waals surface area contributed by atoms with Gasteiger partial charge in [0.05, 0.1) is 0 Å². The van der Waals surface area contributed by atoms with E-state index in [1.54, 1.807) is 0 Å². The third-order valence-corrected chi connectivity index (χ3v) is 5.27. The number of hydrogen-bond acceptors (Lipinski definition) is 2. The van der Waals surface area contributed by atoms with Crippen LogP contribution in [0.3, 0.4) is 0 Å². The molecule has 0 aromatic carbocycles. The molecule has 0 rings (SSSR count). The van der Waals surface area contributed by atoms with Gasteiger partial charge in [-0.1, -0.05) is 99.3 Å². The van der Waals surface area contributed by atoms with Crippen molar-refractivity contribution in [3.8, 4) is 0 Å². The van der Waals surface area contributed by atoms with Crippen molar-refractivity contribution in [1.82, 2.24) is 4.90 Å². The molecule has 0 amide bonds. The largest absolute Gasteiger partial charge is 0.466 e. The van der Waals surface area contributed by atoms with Gasteiger partial charge >= 0.3 is 7.82 Å². The van der Waals surface area contributed by atoms with Gasteiger partial charge in [0.15, 0.2) is 0 Å². The Morgan fingerprint density at radius 1 is 0.533 bits per heavy atom. The molecule has 0 atom stereocenters. The highest BCUT2D eigenvalue weighted by atomic mass is 31.2. The summed E-state index contributed by atoms with van der Waals surface area (Å²) in [6.45, 7) is 18.1. The first-order chi connectivity index (χ1) is 13.9. The van der Waals surface area contributed by atoms with Crippen LogP contribution in [0.1, 0.15) is 119 Å². The minimum atomic E-state index is -4.64. The van der Waals surface area contributed by atoms with E-state index in [1.165, 1.54) is 96.7 Å². The molecule has 0 aromatic heterocycles. The number of phosphoric acid groups is 1. The highest BCUT2D eigenvalue weighted by molar-refractivity contribution is 7.45. The normalized spacial score (nSPS) is 12.2. The van der Waals surface area contributed by atoms with Crippen LogP contribution < -0.4 is 0 Å². The predicted molar refractivity (Wildman–Crippen MR) is 131 cm³/mol. The van der Waals surface area contributed by atoms with Crippen LogP contribution >= 0.6 is 7.82 Å². The fourth-order valence-electron chi connectivity index (χ4n) is 3.53. The van der Waals surface area contributed by atoms with Crippen LogP contribution in [-0.4, -0.2) is 39.2 Å². The molecule has 5 nitrogen and oxygen atoms in total. The van der Waals surface area contributed by atoms with Crippen molar-refractivity contribution in [3.63, 3.8) is 0 Å². The van der Waals surface area contributed by atoms with E-state index in [-0.39, 0.29) is 0 Å². The average Bonchev–Trinajstić information content (AvgIpc) is 2.57. The minimum absolute atomic E-state index is 0.873. The van der Waals surface area contributed by atoms with E-state index in [0.717, 1.165) is 17.8 Å². The average molecular weight is 452 g/mol. The summed E-state index contributed by atoms with van der Waals surface area (Å²) in [6.07, 6.45) is 17.0. The molecule has 0 saturated carbocycles. The molecule has 0 spiro atoms. The van der Waals surface area contributed by atoms with Gasteiger partial charge in [-0.25, -0.2) is 4.57 Å². The third kappa shape index (κ3) is 35.5. The second-order valence-electron chi connectivity index (χ2n) is 10.1. The Kier molecular flexibility index (Phi) is 22.5. The number of hydrogen-bond donors (Lipinski definition) is 3. The predicted octanol–water partition coefficient (Wildman–Crippen LogP) is 7.01. The second kappa shape index (κ2) is 20.9. The minimum Gasteiger partial charge on any atom is -0.303 e. The molecular formula is C24H54NO4P. The lowest BCUT2D eigenvalue weighted by atomic mass is 10.0. The first-order valence-corrected chi connectivity index (χ1v) is 14.0. The Balaban J connectivity index is 0. The Hall–Kier alpha value is 0.0700. The van der Waals surface area contributed by atoms with E-state index in [4.69, 9.17) is 19.2 Å². The molecule has 6 heteroatoms. The zero-order chi connectivity index (χ0) is 23.4. The molecule has 0 aliphatic carbocycles. The first-order valence-electron chi connectivity index (χ1n) is 12.4. The van der Waals surface area contributed by atoms with Crippen LogP contribution in [0.4, 0.5) is 0 Å². The highest BCUT2D eigenvalue weighted by Crippen LogP contribution is 2.25. The van der Waals surface area contributed by atoms with Gasteiger partial charge in [-0.15, -0.1) is 0 Å². The van der Waals surface area contributed by atoms with Crippen LogP contribution in [0.2, 0.25) is 0 Å². The molecular weight excluding hydrogens is 397 g/mol. The molecule has 0 bridgehead atoms. The van der Waals surface area contributed by atoms with Crippen molar-refractivity contribution in [3.05, 3.63) is 0 Å². The van der Waals surface area contributed by atoms with Crippen LogP contribution in [0.15, 0.2) is 0 Å². The Morgan fingerprint density at radius 3 is 0.967 bits per heavy atom. The molecule has 0 radical (unpaired) electrons. The first kappa shape index (κ1) is 32.3. The molecule has 0 unspecified atom stereocenters. The van der Waals surface area contributed by atoms with Crippen molar-refractivity contribution in [2.75, 3.05) is 19.6 Å². The monoisotopic (exact) mass is 451 g/mol. The van der Waals surface area contributed by atoms with Crippen LogP contribution in [0.25, 0.3) is 0 Å². The summed E-state index contributed by atoms with van der Waals surface area (Å²) in [6, 6.07) is 0. The fraction of sp³-hybridized carbons (Fsp3) is 1.00. The van der Waals surface area contributed by atoms with Crippen molar-refractivity contribution in [2.45, 2.75) is 119 Å². The van der Waals surface area contributed by atoms with Gasteiger partial charge in [-0.05, 0) is 56.7 Å². The van der Waals surface area contributed by atoms with Gasteiger partial charge in [-0.3, -0.25) is 0 Å². The van der Waals surface area contributed by atoms with E-state index < -0.39 is 7.82 Å². The summed E-state index contributed by atoms with van der Waals surface area (Å²) >= 11 is 0. The van der Waals surface area contributed by atoms with Gasteiger partial charge < -0.3 is 19.6 Å². The summed E-state index contributed by atoms with van der Waals surface area (Å²) in [7, 11) is -4.64. The molecule has 0 heterocycles. The third-order valence-electron chi connectivity index (χ3n) is 5.27. The summed E-state index contributed by atoms with van der Waals surface area (Å²) in [5.74, 6) is 2.62. The van der Waals surface area contributed by atoms with E-state index in [9.17, 15) is 0 Å². The van der Waals surface area contributed by atoms with Crippen LogP contribution in [0, 0.1) is 17.8 Å². The Morgan fingerprint density at radius 2 is 0.767 bits per heavy atom. The van der Waals surface area contributed by atoms with Crippen molar-refractivity contribution in [1.29, 1.82) is 0 Å². The summed E-state index contributed by atoms with van der Waals surface area (Å²) in [5, 5.41) is 0. The molecule has 0 saturated heterocycles. The number of nitrogens with zero attached hydrogens (tertiary/aromatic N) is 1. The molecule has 0 aromatic rings. The second-order valence-corrected chi connectivity index (χ2v) is 11.1. The van der Waals surface area contributed by atoms with Gasteiger partial charge in [0, 0.05) is 0 Å². The Labute approximate surface area is 188 Å². The van der Waals surface area contributed by atoms with Crippen LogP contribution in [-0.2, 0) is 4.57 Å². The molecule has 3 N–H and O–H groups in total.